The highest BCUT2D eigenvalue weighted by molar-refractivity contribution is 5.53. The van der Waals surface area contributed by atoms with E-state index in [1.807, 2.05) is 37.3 Å². The standard InChI is InChI=1S/C11H9N2/c1-9-7-8-12-11(13-9)10-5-3-2-4-6-10/h2-5,7-8H,1H3. The molecule has 1 radical (unpaired) electrons. The third-order valence-corrected chi connectivity index (χ3v) is 1.74. The fourth-order valence-electron chi connectivity index (χ4n) is 1.11. The van der Waals surface area contributed by atoms with Crippen molar-refractivity contribution in [2.75, 3.05) is 0 Å². The van der Waals surface area contributed by atoms with Crippen molar-refractivity contribution >= 4 is 0 Å². The van der Waals surface area contributed by atoms with Crippen LogP contribution in [0.15, 0.2) is 36.5 Å². The lowest BCUT2D eigenvalue weighted by molar-refractivity contribution is 1.11. The van der Waals surface area contributed by atoms with E-state index in [0.717, 1.165) is 17.1 Å². The number of aromatic nitrogens is 2. The molecule has 2 heteroatoms. The van der Waals surface area contributed by atoms with Crippen LogP contribution in [0.3, 0.4) is 0 Å². The van der Waals surface area contributed by atoms with Gasteiger partial charge in [0.2, 0.25) is 0 Å². The van der Waals surface area contributed by atoms with Crippen molar-refractivity contribution in [3.8, 4) is 11.4 Å². The smallest absolute Gasteiger partial charge is 0.159 e. The second kappa shape index (κ2) is 3.35. The van der Waals surface area contributed by atoms with Gasteiger partial charge in [0.15, 0.2) is 5.82 Å². The van der Waals surface area contributed by atoms with Crippen molar-refractivity contribution in [1.29, 1.82) is 0 Å². The molecule has 2 aromatic rings. The van der Waals surface area contributed by atoms with E-state index in [4.69, 9.17) is 0 Å². The minimum Gasteiger partial charge on any atom is -0.237 e. The molecule has 0 atom stereocenters. The minimum atomic E-state index is 0.737. The largest absolute Gasteiger partial charge is 0.237 e. The Morgan fingerprint density at radius 2 is 2.15 bits per heavy atom. The molecule has 1 aromatic heterocycles. The summed E-state index contributed by atoms with van der Waals surface area (Å²) in [5.41, 5.74) is 1.91. The van der Waals surface area contributed by atoms with Gasteiger partial charge in [-0.1, -0.05) is 24.3 Å². The molecule has 0 aliphatic rings. The molecule has 0 aliphatic heterocycles. The maximum atomic E-state index is 4.30. The van der Waals surface area contributed by atoms with Crippen molar-refractivity contribution in [3.05, 3.63) is 48.3 Å². The van der Waals surface area contributed by atoms with E-state index in [9.17, 15) is 0 Å². The van der Waals surface area contributed by atoms with Crippen molar-refractivity contribution < 1.29 is 0 Å². The van der Waals surface area contributed by atoms with E-state index < -0.39 is 0 Å². The SMILES string of the molecule is Cc1ccnc(-c2[c]cccc2)n1. The van der Waals surface area contributed by atoms with E-state index in [0.29, 0.717) is 0 Å². The summed E-state index contributed by atoms with van der Waals surface area (Å²) >= 11 is 0. The van der Waals surface area contributed by atoms with Gasteiger partial charge in [-0.3, -0.25) is 0 Å². The van der Waals surface area contributed by atoms with Crippen molar-refractivity contribution in [3.63, 3.8) is 0 Å². The molecular formula is C11H9N2. The van der Waals surface area contributed by atoms with Crippen LogP contribution in [-0.2, 0) is 0 Å². The molecule has 0 aliphatic carbocycles. The number of hydrogen-bond acceptors (Lipinski definition) is 2. The van der Waals surface area contributed by atoms with Gasteiger partial charge >= 0.3 is 0 Å². The fourth-order valence-corrected chi connectivity index (χ4v) is 1.11. The zero-order valence-electron chi connectivity index (χ0n) is 7.36. The van der Waals surface area contributed by atoms with Crippen LogP contribution in [0.4, 0.5) is 0 Å². The van der Waals surface area contributed by atoms with Gasteiger partial charge in [-0.2, -0.15) is 0 Å². The summed E-state index contributed by atoms with van der Waals surface area (Å²) in [7, 11) is 0. The Bertz CT molecular complexity index is 396. The molecule has 0 saturated heterocycles. The second-order valence-corrected chi connectivity index (χ2v) is 2.80. The predicted molar refractivity (Wildman–Crippen MR) is 51.0 cm³/mol. The molecule has 0 fully saturated rings. The van der Waals surface area contributed by atoms with Crippen LogP contribution in [0.2, 0.25) is 0 Å². The molecule has 0 amide bonds. The zero-order valence-corrected chi connectivity index (χ0v) is 7.36. The summed E-state index contributed by atoms with van der Waals surface area (Å²) < 4.78 is 0. The Morgan fingerprint density at radius 3 is 2.85 bits per heavy atom. The van der Waals surface area contributed by atoms with E-state index in [-0.39, 0.29) is 0 Å². The number of rotatable bonds is 1. The van der Waals surface area contributed by atoms with E-state index in [2.05, 4.69) is 16.0 Å². The summed E-state index contributed by atoms with van der Waals surface area (Å²) in [6.07, 6.45) is 1.76. The highest BCUT2D eigenvalue weighted by Gasteiger charge is 1.98. The van der Waals surface area contributed by atoms with Gasteiger partial charge in [0.05, 0.1) is 0 Å². The van der Waals surface area contributed by atoms with Crippen molar-refractivity contribution in [2.24, 2.45) is 0 Å². The third-order valence-electron chi connectivity index (χ3n) is 1.74. The molecule has 2 rings (SSSR count). The van der Waals surface area contributed by atoms with Crippen LogP contribution >= 0.6 is 0 Å². The summed E-state index contributed by atoms with van der Waals surface area (Å²) in [4.78, 5) is 8.47. The number of aryl methyl sites for hydroxylation is 1. The monoisotopic (exact) mass is 169 g/mol. The van der Waals surface area contributed by atoms with Gasteiger partial charge < -0.3 is 0 Å². The molecule has 1 heterocycles. The van der Waals surface area contributed by atoms with Gasteiger partial charge in [0.25, 0.3) is 0 Å². The number of benzene rings is 1. The van der Waals surface area contributed by atoms with Crippen LogP contribution in [0, 0.1) is 13.0 Å². The average molecular weight is 169 g/mol. The third kappa shape index (κ3) is 1.72. The Balaban J connectivity index is 2.48. The summed E-state index contributed by atoms with van der Waals surface area (Å²) in [6.45, 7) is 1.95. The van der Waals surface area contributed by atoms with Gasteiger partial charge in [-0.05, 0) is 19.1 Å². The first-order valence-corrected chi connectivity index (χ1v) is 4.13. The van der Waals surface area contributed by atoms with Gasteiger partial charge in [-0.15, -0.1) is 0 Å². The van der Waals surface area contributed by atoms with E-state index in [1.54, 1.807) is 6.20 Å². The Kier molecular flexibility index (Phi) is 2.04. The fraction of sp³-hybridized carbons (Fsp3) is 0.0909. The Morgan fingerprint density at radius 1 is 1.23 bits per heavy atom. The van der Waals surface area contributed by atoms with Crippen molar-refractivity contribution in [1.82, 2.24) is 9.97 Å². The predicted octanol–water partition coefficient (Wildman–Crippen LogP) is 2.25. The van der Waals surface area contributed by atoms with E-state index in [1.165, 1.54) is 0 Å². The molecule has 0 spiro atoms. The molecule has 0 N–H and O–H groups in total. The molecule has 0 bridgehead atoms. The van der Waals surface area contributed by atoms with Gasteiger partial charge in [-0.25, -0.2) is 9.97 Å². The first kappa shape index (κ1) is 7.92. The lowest BCUT2D eigenvalue weighted by atomic mass is 10.2. The summed E-state index contributed by atoms with van der Waals surface area (Å²) in [6, 6.07) is 12.7. The summed E-state index contributed by atoms with van der Waals surface area (Å²) in [5, 5.41) is 0. The normalized spacial score (nSPS) is 9.92. The average Bonchev–Trinajstić information content (AvgIpc) is 2.19. The number of nitrogens with zero attached hydrogens (tertiary/aromatic N) is 2. The number of hydrogen-bond donors (Lipinski definition) is 0. The van der Waals surface area contributed by atoms with Crippen LogP contribution in [0.25, 0.3) is 11.4 Å². The zero-order chi connectivity index (χ0) is 9.10. The maximum absolute atomic E-state index is 4.30. The van der Waals surface area contributed by atoms with Crippen LogP contribution < -0.4 is 0 Å². The first-order valence-electron chi connectivity index (χ1n) is 4.13. The maximum Gasteiger partial charge on any atom is 0.159 e. The Hall–Kier alpha value is -1.70. The highest BCUT2D eigenvalue weighted by atomic mass is 14.9. The van der Waals surface area contributed by atoms with Gasteiger partial charge in [0, 0.05) is 17.5 Å². The molecule has 13 heavy (non-hydrogen) atoms. The minimum absolute atomic E-state index is 0.737. The molecule has 63 valence electrons. The molecule has 1 aromatic carbocycles. The quantitative estimate of drug-likeness (QED) is 0.654. The van der Waals surface area contributed by atoms with E-state index >= 15 is 0 Å². The highest BCUT2D eigenvalue weighted by Crippen LogP contribution is 2.12. The van der Waals surface area contributed by atoms with Crippen LogP contribution in [-0.4, -0.2) is 9.97 Å². The molecule has 2 nitrogen and oxygen atoms in total. The lowest BCUT2D eigenvalue weighted by Crippen LogP contribution is -1.89. The van der Waals surface area contributed by atoms with Crippen molar-refractivity contribution in [2.45, 2.75) is 6.92 Å². The first-order chi connectivity index (χ1) is 6.36. The van der Waals surface area contributed by atoms with Crippen LogP contribution in [0.5, 0.6) is 0 Å². The lowest BCUT2D eigenvalue weighted by Gasteiger charge is -1.98. The second-order valence-electron chi connectivity index (χ2n) is 2.80. The topological polar surface area (TPSA) is 25.8 Å². The summed E-state index contributed by atoms with van der Waals surface area (Å²) in [5.74, 6) is 0.737. The molecule has 0 saturated carbocycles. The Labute approximate surface area is 77.3 Å². The molecular weight excluding hydrogens is 160 g/mol. The van der Waals surface area contributed by atoms with Gasteiger partial charge in [0.1, 0.15) is 0 Å². The molecule has 0 unspecified atom stereocenters. The van der Waals surface area contributed by atoms with Crippen LogP contribution in [0.1, 0.15) is 5.69 Å².